The molecule has 9 heteroatoms. The highest BCUT2D eigenvalue weighted by Gasteiger charge is 2.17. The van der Waals surface area contributed by atoms with E-state index in [9.17, 15) is 24.1 Å². The van der Waals surface area contributed by atoms with Gasteiger partial charge < -0.3 is 10.1 Å². The molecule has 0 saturated heterocycles. The van der Waals surface area contributed by atoms with Crippen molar-refractivity contribution in [2.75, 3.05) is 11.9 Å². The molecule has 0 aliphatic carbocycles. The van der Waals surface area contributed by atoms with Crippen molar-refractivity contribution in [1.82, 2.24) is 0 Å². The van der Waals surface area contributed by atoms with E-state index in [1.807, 2.05) is 0 Å². The summed E-state index contributed by atoms with van der Waals surface area (Å²) in [4.78, 5) is 33.7. The number of esters is 1. The normalized spacial score (nSPS) is 10.2. The lowest BCUT2D eigenvalue weighted by atomic mass is 10.1. The van der Waals surface area contributed by atoms with Crippen LogP contribution in [0.4, 0.5) is 15.8 Å². The highest BCUT2D eigenvalue weighted by molar-refractivity contribution is 6.31. The minimum atomic E-state index is -0.752. The lowest BCUT2D eigenvalue weighted by Crippen LogP contribution is -2.22. The first-order chi connectivity index (χ1) is 11.8. The van der Waals surface area contributed by atoms with Gasteiger partial charge in [0, 0.05) is 11.1 Å². The highest BCUT2D eigenvalue weighted by atomic mass is 35.5. The summed E-state index contributed by atoms with van der Waals surface area (Å²) in [6.07, 6.45) is -0.134. The summed E-state index contributed by atoms with van der Waals surface area (Å²) in [6.45, 7) is -0.621. The molecule has 0 fully saturated rings. The van der Waals surface area contributed by atoms with E-state index >= 15 is 0 Å². The van der Waals surface area contributed by atoms with Crippen LogP contribution in [0.1, 0.15) is 5.56 Å². The molecule has 0 bridgehead atoms. The van der Waals surface area contributed by atoms with E-state index in [0.717, 1.165) is 6.07 Å². The summed E-state index contributed by atoms with van der Waals surface area (Å²) in [6, 6.07) is 8.94. The van der Waals surface area contributed by atoms with Gasteiger partial charge in [0.25, 0.3) is 11.6 Å². The number of benzene rings is 2. The zero-order valence-corrected chi connectivity index (χ0v) is 13.5. The van der Waals surface area contributed by atoms with E-state index in [2.05, 4.69) is 5.32 Å². The number of hydrogen-bond acceptors (Lipinski definition) is 5. The number of anilines is 1. The van der Waals surface area contributed by atoms with E-state index in [1.165, 1.54) is 36.4 Å². The molecule has 0 unspecified atom stereocenters. The number of hydrogen-bond donors (Lipinski definition) is 1. The molecule has 7 nitrogen and oxygen atoms in total. The van der Waals surface area contributed by atoms with Gasteiger partial charge in [-0.3, -0.25) is 19.7 Å². The molecule has 130 valence electrons. The number of nitro benzene ring substituents is 1. The Morgan fingerprint density at radius 1 is 1.20 bits per heavy atom. The molecule has 0 aliphatic heterocycles. The molecule has 25 heavy (non-hydrogen) atoms. The van der Waals surface area contributed by atoms with Gasteiger partial charge in [-0.2, -0.15) is 0 Å². The van der Waals surface area contributed by atoms with E-state index in [0.29, 0.717) is 5.56 Å². The van der Waals surface area contributed by atoms with Crippen molar-refractivity contribution >= 4 is 34.9 Å². The number of halogens is 2. The van der Waals surface area contributed by atoms with Gasteiger partial charge in [0.2, 0.25) is 0 Å². The van der Waals surface area contributed by atoms with Crippen LogP contribution >= 0.6 is 11.6 Å². The Hall–Kier alpha value is -3.00. The van der Waals surface area contributed by atoms with Gasteiger partial charge in [-0.15, -0.1) is 0 Å². The minimum Gasteiger partial charge on any atom is -0.455 e. The summed E-state index contributed by atoms with van der Waals surface area (Å²) >= 11 is 5.75. The van der Waals surface area contributed by atoms with Crippen molar-refractivity contribution in [3.8, 4) is 0 Å². The highest BCUT2D eigenvalue weighted by Crippen LogP contribution is 2.27. The first kappa shape index (κ1) is 18.3. The Balaban J connectivity index is 1.90. The second kappa shape index (κ2) is 8.20. The SMILES string of the molecule is O=C(COC(=O)Cc1ccc(F)cc1)Nc1cc(Cl)ccc1[N+](=O)[O-]. The van der Waals surface area contributed by atoms with Gasteiger partial charge in [-0.25, -0.2) is 4.39 Å². The number of carbonyl (C=O) groups is 2. The molecule has 0 atom stereocenters. The van der Waals surface area contributed by atoms with Crippen LogP contribution in [0.3, 0.4) is 0 Å². The second-order valence-electron chi connectivity index (χ2n) is 4.93. The number of carbonyl (C=O) groups excluding carboxylic acids is 2. The second-order valence-corrected chi connectivity index (χ2v) is 5.37. The van der Waals surface area contributed by atoms with Gasteiger partial charge >= 0.3 is 5.97 Å². The maximum atomic E-state index is 12.8. The predicted octanol–water partition coefficient (Wildman–Crippen LogP) is 3.11. The Labute approximate surface area is 146 Å². The quantitative estimate of drug-likeness (QED) is 0.481. The Morgan fingerprint density at radius 2 is 1.88 bits per heavy atom. The third-order valence-electron chi connectivity index (χ3n) is 3.06. The monoisotopic (exact) mass is 366 g/mol. The van der Waals surface area contributed by atoms with Crippen molar-refractivity contribution in [2.24, 2.45) is 0 Å². The first-order valence-corrected chi connectivity index (χ1v) is 7.37. The third-order valence-corrected chi connectivity index (χ3v) is 3.29. The molecule has 2 rings (SSSR count). The van der Waals surface area contributed by atoms with Gasteiger partial charge in [0.05, 0.1) is 11.3 Å². The summed E-state index contributed by atoms with van der Waals surface area (Å²) in [5, 5.41) is 13.4. The first-order valence-electron chi connectivity index (χ1n) is 6.99. The van der Waals surface area contributed by atoms with E-state index < -0.39 is 29.2 Å². The zero-order chi connectivity index (χ0) is 18.4. The van der Waals surface area contributed by atoms with Gasteiger partial charge in [0.15, 0.2) is 6.61 Å². The van der Waals surface area contributed by atoms with Gasteiger partial charge in [-0.1, -0.05) is 23.7 Å². The standard InChI is InChI=1S/C16H12ClFN2O5/c17-11-3-6-14(20(23)24)13(8-11)19-15(21)9-25-16(22)7-10-1-4-12(18)5-2-10/h1-6,8H,7,9H2,(H,19,21). The molecule has 0 saturated carbocycles. The summed E-state index contributed by atoms with van der Waals surface area (Å²) in [5.74, 6) is -1.88. The number of nitrogens with one attached hydrogen (secondary N) is 1. The van der Waals surface area contributed by atoms with Crippen LogP contribution in [-0.4, -0.2) is 23.4 Å². The lowest BCUT2D eigenvalue weighted by Gasteiger charge is -2.07. The molecule has 0 heterocycles. The summed E-state index contributed by atoms with van der Waals surface area (Å²) < 4.78 is 17.6. The molecule has 0 radical (unpaired) electrons. The maximum Gasteiger partial charge on any atom is 0.310 e. The van der Waals surface area contributed by atoms with Crippen LogP contribution in [-0.2, 0) is 20.7 Å². The predicted molar refractivity (Wildman–Crippen MR) is 87.8 cm³/mol. The van der Waals surface area contributed by atoms with Gasteiger partial charge in [-0.05, 0) is 29.8 Å². The number of amides is 1. The largest absolute Gasteiger partial charge is 0.455 e. The summed E-state index contributed by atoms with van der Waals surface area (Å²) in [5.41, 5.74) is 0.0877. The fraction of sp³-hybridized carbons (Fsp3) is 0.125. The van der Waals surface area contributed by atoms with Crippen molar-refractivity contribution in [3.05, 3.63) is 69.0 Å². The number of nitro groups is 1. The molecule has 2 aromatic rings. The number of nitrogens with zero attached hydrogens (tertiary/aromatic N) is 1. The molecule has 1 N–H and O–H groups in total. The Morgan fingerprint density at radius 3 is 2.52 bits per heavy atom. The topological polar surface area (TPSA) is 98.5 Å². The third kappa shape index (κ3) is 5.54. The van der Waals surface area contributed by atoms with Crippen molar-refractivity contribution in [1.29, 1.82) is 0 Å². The molecular formula is C16H12ClFN2O5. The van der Waals surface area contributed by atoms with Crippen LogP contribution in [0.25, 0.3) is 0 Å². The van der Waals surface area contributed by atoms with Crippen LogP contribution in [0.5, 0.6) is 0 Å². The average molecular weight is 367 g/mol. The minimum absolute atomic E-state index is 0.0999. The van der Waals surface area contributed by atoms with Gasteiger partial charge in [0.1, 0.15) is 11.5 Å². The van der Waals surface area contributed by atoms with Crippen LogP contribution in [0.2, 0.25) is 5.02 Å². The zero-order valence-electron chi connectivity index (χ0n) is 12.7. The van der Waals surface area contributed by atoms with Crippen LogP contribution in [0.15, 0.2) is 42.5 Å². The number of rotatable bonds is 6. The van der Waals surface area contributed by atoms with Crippen molar-refractivity contribution < 1.29 is 23.6 Å². The molecule has 0 aliphatic rings. The molecule has 0 aromatic heterocycles. The smallest absolute Gasteiger partial charge is 0.310 e. The maximum absolute atomic E-state index is 12.8. The average Bonchev–Trinajstić information content (AvgIpc) is 2.55. The molecule has 1 amide bonds. The van der Waals surface area contributed by atoms with E-state index in [4.69, 9.17) is 16.3 Å². The Bertz CT molecular complexity index is 811. The van der Waals surface area contributed by atoms with Crippen LogP contribution < -0.4 is 5.32 Å². The van der Waals surface area contributed by atoms with Crippen molar-refractivity contribution in [3.63, 3.8) is 0 Å². The lowest BCUT2D eigenvalue weighted by molar-refractivity contribution is -0.383. The summed E-state index contributed by atoms with van der Waals surface area (Å²) in [7, 11) is 0. The van der Waals surface area contributed by atoms with Crippen molar-refractivity contribution in [2.45, 2.75) is 6.42 Å². The molecule has 2 aromatic carbocycles. The van der Waals surface area contributed by atoms with Crippen LogP contribution in [0, 0.1) is 15.9 Å². The molecular weight excluding hydrogens is 355 g/mol. The fourth-order valence-electron chi connectivity index (χ4n) is 1.92. The van der Waals surface area contributed by atoms with E-state index in [1.54, 1.807) is 0 Å². The van der Waals surface area contributed by atoms with E-state index in [-0.39, 0.29) is 22.8 Å². The molecule has 0 spiro atoms. The number of ether oxygens (including phenoxy) is 1. The fourth-order valence-corrected chi connectivity index (χ4v) is 2.09. The Kier molecular flexibility index (Phi) is 6.02.